The summed E-state index contributed by atoms with van der Waals surface area (Å²) in [5.74, 6) is 1.16. The molecule has 1 heterocycles. The number of hydrogen-bond acceptors (Lipinski definition) is 3. The number of thioether (sulfide) groups is 1. The van der Waals surface area contributed by atoms with Crippen LogP contribution in [-0.2, 0) is 0 Å². The second-order valence-corrected chi connectivity index (χ2v) is 4.89. The fraction of sp³-hybridized carbons (Fsp3) is 1.00. The zero-order chi connectivity index (χ0) is 7.61. The predicted molar refractivity (Wildman–Crippen MR) is 45.4 cm³/mol. The first-order valence-corrected chi connectivity index (χ1v) is 4.63. The normalized spacial score (nSPS) is 32.1. The summed E-state index contributed by atoms with van der Waals surface area (Å²) < 4.78 is 0.201. The molecule has 0 aromatic rings. The average molecular weight is 161 g/mol. The van der Waals surface area contributed by atoms with Gasteiger partial charge in [0.1, 0.15) is 0 Å². The van der Waals surface area contributed by atoms with Crippen molar-refractivity contribution in [1.29, 1.82) is 0 Å². The SMILES string of the molecule is CC1(C)SCCN[C@H]1CO. The highest BCUT2D eigenvalue weighted by Gasteiger charge is 2.31. The van der Waals surface area contributed by atoms with Crippen LogP contribution in [0.15, 0.2) is 0 Å². The van der Waals surface area contributed by atoms with E-state index in [9.17, 15) is 0 Å². The van der Waals surface area contributed by atoms with Gasteiger partial charge in [-0.1, -0.05) is 0 Å². The van der Waals surface area contributed by atoms with Crippen molar-refractivity contribution in [3.8, 4) is 0 Å². The molecule has 1 fully saturated rings. The summed E-state index contributed by atoms with van der Waals surface area (Å²) in [7, 11) is 0. The molecule has 0 unspecified atom stereocenters. The quantitative estimate of drug-likeness (QED) is 0.586. The second-order valence-electron chi connectivity index (χ2n) is 3.14. The highest BCUT2D eigenvalue weighted by Crippen LogP contribution is 2.30. The molecule has 0 amide bonds. The van der Waals surface area contributed by atoms with Gasteiger partial charge in [-0.2, -0.15) is 11.8 Å². The van der Waals surface area contributed by atoms with Crippen molar-refractivity contribution in [2.75, 3.05) is 18.9 Å². The first kappa shape index (κ1) is 8.37. The van der Waals surface area contributed by atoms with Gasteiger partial charge in [0.25, 0.3) is 0 Å². The van der Waals surface area contributed by atoms with E-state index >= 15 is 0 Å². The standard InChI is InChI=1S/C7H15NOS/c1-7(2)6(5-9)8-3-4-10-7/h6,8-9H,3-5H2,1-2H3/t6-/m0/s1. The van der Waals surface area contributed by atoms with Crippen LogP contribution < -0.4 is 5.32 Å². The van der Waals surface area contributed by atoms with Gasteiger partial charge in [0.05, 0.1) is 6.61 Å². The van der Waals surface area contributed by atoms with E-state index in [1.165, 1.54) is 0 Å². The molecule has 1 aliphatic heterocycles. The molecule has 1 atom stereocenters. The van der Waals surface area contributed by atoms with E-state index in [1.807, 2.05) is 11.8 Å². The summed E-state index contributed by atoms with van der Waals surface area (Å²) in [6, 6.07) is 0.270. The van der Waals surface area contributed by atoms with Crippen molar-refractivity contribution in [1.82, 2.24) is 5.32 Å². The summed E-state index contributed by atoms with van der Waals surface area (Å²) in [6.45, 7) is 5.62. The molecule has 3 heteroatoms. The molecule has 0 aliphatic carbocycles. The Morgan fingerprint density at radius 2 is 2.40 bits per heavy atom. The smallest absolute Gasteiger partial charge is 0.0598 e. The summed E-state index contributed by atoms with van der Waals surface area (Å²) >= 11 is 1.93. The minimum atomic E-state index is 0.201. The van der Waals surface area contributed by atoms with Gasteiger partial charge < -0.3 is 10.4 Å². The van der Waals surface area contributed by atoms with Crippen LogP contribution in [0, 0.1) is 0 Å². The van der Waals surface area contributed by atoms with Crippen molar-refractivity contribution in [3.63, 3.8) is 0 Å². The molecule has 0 radical (unpaired) electrons. The van der Waals surface area contributed by atoms with Gasteiger partial charge in [-0.15, -0.1) is 0 Å². The van der Waals surface area contributed by atoms with Crippen LogP contribution in [-0.4, -0.2) is 34.8 Å². The number of rotatable bonds is 1. The molecule has 2 nitrogen and oxygen atoms in total. The molecular formula is C7H15NOS. The van der Waals surface area contributed by atoms with Crippen LogP contribution in [0.25, 0.3) is 0 Å². The highest BCUT2D eigenvalue weighted by molar-refractivity contribution is 8.00. The van der Waals surface area contributed by atoms with Crippen molar-refractivity contribution in [3.05, 3.63) is 0 Å². The molecule has 0 aromatic carbocycles. The molecule has 0 aromatic heterocycles. The predicted octanol–water partition coefficient (Wildman–Crippen LogP) is 0.462. The monoisotopic (exact) mass is 161 g/mol. The van der Waals surface area contributed by atoms with E-state index in [-0.39, 0.29) is 17.4 Å². The molecule has 1 saturated heterocycles. The third-order valence-electron chi connectivity index (χ3n) is 1.99. The van der Waals surface area contributed by atoms with Gasteiger partial charge in [-0.3, -0.25) is 0 Å². The molecule has 60 valence electrons. The van der Waals surface area contributed by atoms with Gasteiger partial charge in [0, 0.05) is 23.1 Å². The molecule has 0 spiro atoms. The van der Waals surface area contributed by atoms with Gasteiger partial charge in [-0.05, 0) is 13.8 Å². The number of hydrogen-bond donors (Lipinski definition) is 2. The average Bonchev–Trinajstić information content (AvgIpc) is 1.87. The third-order valence-corrected chi connectivity index (χ3v) is 3.43. The lowest BCUT2D eigenvalue weighted by molar-refractivity contribution is 0.221. The maximum absolute atomic E-state index is 8.95. The van der Waals surface area contributed by atoms with Crippen LogP contribution in [0.1, 0.15) is 13.8 Å². The van der Waals surface area contributed by atoms with Crippen molar-refractivity contribution < 1.29 is 5.11 Å². The van der Waals surface area contributed by atoms with Crippen LogP contribution in [0.3, 0.4) is 0 Å². The first-order chi connectivity index (χ1) is 4.67. The zero-order valence-electron chi connectivity index (χ0n) is 6.55. The second kappa shape index (κ2) is 3.11. The lowest BCUT2D eigenvalue weighted by atomic mass is 10.0. The highest BCUT2D eigenvalue weighted by atomic mass is 32.2. The minimum absolute atomic E-state index is 0.201. The Labute approximate surface area is 66.4 Å². The zero-order valence-corrected chi connectivity index (χ0v) is 7.37. The summed E-state index contributed by atoms with van der Waals surface area (Å²) in [6.07, 6.45) is 0. The van der Waals surface area contributed by atoms with Gasteiger partial charge in [0.2, 0.25) is 0 Å². The van der Waals surface area contributed by atoms with Crippen LogP contribution in [0.2, 0.25) is 0 Å². The van der Waals surface area contributed by atoms with E-state index in [4.69, 9.17) is 5.11 Å². The first-order valence-electron chi connectivity index (χ1n) is 3.65. The maximum atomic E-state index is 8.95. The van der Waals surface area contributed by atoms with Gasteiger partial charge in [-0.25, -0.2) is 0 Å². The van der Waals surface area contributed by atoms with Crippen LogP contribution in [0.5, 0.6) is 0 Å². The topological polar surface area (TPSA) is 32.3 Å². The largest absolute Gasteiger partial charge is 0.395 e. The Morgan fingerprint density at radius 3 is 2.80 bits per heavy atom. The minimum Gasteiger partial charge on any atom is -0.395 e. The molecular weight excluding hydrogens is 146 g/mol. The van der Waals surface area contributed by atoms with E-state index in [2.05, 4.69) is 19.2 Å². The maximum Gasteiger partial charge on any atom is 0.0598 e. The molecule has 1 aliphatic rings. The molecule has 2 N–H and O–H groups in total. The Bertz CT molecular complexity index is 116. The number of aliphatic hydroxyl groups excluding tert-OH is 1. The number of aliphatic hydroxyl groups is 1. The Hall–Kier alpha value is 0.270. The van der Waals surface area contributed by atoms with Crippen LogP contribution in [0.4, 0.5) is 0 Å². The van der Waals surface area contributed by atoms with Crippen molar-refractivity contribution in [2.45, 2.75) is 24.6 Å². The fourth-order valence-corrected chi connectivity index (χ4v) is 2.28. The molecule has 0 bridgehead atoms. The third kappa shape index (κ3) is 1.65. The Balaban J connectivity index is 2.51. The van der Waals surface area contributed by atoms with Gasteiger partial charge in [0.15, 0.2) is 0 Å². The van der Waals surface area contributed by atoms with E-state index in [0.29, 0.717) is 0 Å². The van der Waals surface area contributed by atoms with Crippen molar-refractivity contribution in [2.24, 2.45) is 0 Å². The Kier molecular flexibility index (Phi) is 2.61. The lowest BCUT2D eigenvalue weighted by Crippen LogP contribution is -2.51. The molecule has 0 saturated carbocycles. The van der Waals surface area contributed by atoms with E-state index in [0.717, 1.165) is 12.3 Å². The van der Waals surface area contributed by atoms with Crippen molar-refractivity contribution >= 4 is 11.8 Å². The van der Waals surface area contributed by atoms with Gasteiger partial charge >= 0.3 is 0 Å². The summed E-state index contributed by atoms with van der Waals surface area (Å²) in [4.78, 5) is 0. The molecule has 10 heavy (non-hydrogen) atoms. The van der Waals surface area contributed by atoms with E-state index < -0.39 is 0 Å². The summed E-state index contributed by atoms with van der Waals surface area (Å²) in [5.41, 5.74) is 0. The van der Waals surface area contributed by atoms with E-state index in [1.54, 1.807) is 0 Å². The van der Waals surface area contributed by atoms with Crippen LogP contribution >= 0.6 is 11.8 Å². The summed E-state index contributed by atoms with van der Waals surface area (Å²) in [5, 5.41) is 12.2. The number of nitrogens with one attached hydrogen (secondary N) is 1. The molecule has 1 rings (SSSR count). The fourth-order valence-electron chi connectivity index (χ4n) is 1.18. The lowest BCUT2D eigenvalue weighted by Gasteiger charge is -2.37. The Morgan fingerprint density at radius 1 is 1.70 bits per heavy atom.